The van der Waals surface area contributed by atoms with Gasteiger partial charge in [0, 0.05) is 21.0 Å². The molecule has 2 aromatic rings. The van der Waals surface area contributed by atoms with Crippen LogP contribution in [0.3, 0.4) is 0 Å². The highest BCUT2D eigenvalue weighted by Crippen LogP contribution is 2.33. The topological polar surface area (TPSA) is 123 Å². The number of aromatic nitrogens is 3. The molecule has 1 aromatic carbocycles. The number of alkyl halides is 3. The molecule has 0 bridgehead atoms. The van der Waals surface area contributed by atoms with Crippen LogP contribution in [0, 0.1) is 0 Å². The summed E-state index contributed by atoms with van der Waals surface area (Å²) in [7, 11) is -6.76. The van der Waals surface area contributed by atoms with Gasteiger partial charge in [-0.25, -0.2) is 9.29 Å². The van der Waals surface area contributed by atoms with Gasteiger partial charge in [0.05, 0.1) is 11.3 Å². The van der Waals surface area contributed by atoms with Crippen molar-refractivity contribution in [1.29, 1.82) is 0 Å². The molecule has 0 spiro atoms. The number of sulfonamides is 1. The van der Waals surface area contributed by atoms with E-state index < -0.39 is 48.7 Å². The average Bonchev–Trinajstić information content (AvgIpc) is 3.05. The molecule has 1 amide bonds. The maximum atomic E-state index is 12.9. The lowest BCUT2D eigenvalue weighted by atomic mass is 10.2. The molecule has 0 aliphatic heterocycles. The highest BCUT2D eigenvalue weighted by atomic mass is 32.2. The van der Waals surface area contributed by atoms with E-state index in [1.54, 1.807) is 0 Å². The summed E-state index contributed by atoms with van der Waals surface area (Å²) in [6.45, 7) is 0.811. The highest BCUT2D eigenvalue weighted by Gasteiger charge is 2.36. The van der Waals surface area contributed by atoms with Crippen molar-refractivity contribution in [3.05, 3.63) is 36.2 Å². The molecule has 0 atom stereocenters. The summed E-state index contributed by atoms with van der Waals surface area (Å²) in [4.78, 5) is 15.3. The molecule has 1 aromatic heterocycles. The van der Waals surface area contributed by atoms with Crippen molar-refractivity contribution in [1.82, 2.24) is 18.5 Å². The van der Waals surface area contributed by atoms with Crippen molar-refractivity contribution in [2.24, 2.45) is 0 Å². The fraction of sp³-hybridized carbons (Fsp3) is 0.308. The molecular formula is C13H14F3N5O5S2. The molecule has 10 nitrogen and oxygen atoms in total. The van der Waals surface area contributed by atoms with Crippen molar-refractivity contribution in [2.45, 2.75) is 18.3 Å². The normalized spacial score (nSPS) is 13.0. The summed E-state index contributed by atoms with van der Waals surface area (Å²) in [5.41, 5.74) is -1.78. The Kier molecular flexibility index (Phi) is 5.55. The number of carbonyl (C=O) groups excluding carboxylic acids is 1. The number of anilines is 1. The molecule has 0 fully saturated rings. The minimum Gasteiger partial charge on any atom is -0.274 e. The van der Waals surface area contributed by atoms with Gasteiger partial charge in [0.25, 0.3) is 5.16 Å². The lowest BCUT2D eigenvalue weighted by Crippen LogP contribution is -2.36. The second kappa shape index (κ2) is 7.14. The Hall–Kier alpha value is -2.52. The Bertz CT molecular complexity index is 1110. The van der Waals surface area contributed by atoms with Crippen LogP contribution in [0.25, 0.3) is 0 Å². The summed E-state index contributed by atoms with van der Waals surface area (Å²) < 4.78 is 89.2. The Balaban J connectivity index is 2.59. The average molecular weight is 441 g/mol. The van der Waals surface area contributed by atoms with Crippen LogP contribution in [0.15, 0.2) is 35.7 Å². The number of nitrogens with zero attached hydrogens (tertiary/aromatic N) is 5. The second-order valence-corrected chi connectivity index (χ2v) is 9.21. The fourth-order valence-electron chi connectivity index (χ4n) is 2.01. The van der Waals surface area contributed by atoms with Crippen LogP contribution in [0.2, 0.25) is 0 Å². The van der Waals surface area contributed by atoms with Crippen LogP contribution in [0.4, 0.5) is 18.9 Å². The monoisotopic (exact) mass is 441 g/mol. The Morgan fingerprint density at radius 2 is 1.75 bits per heavy atom. The zero-order valence-electron chi connectivity index (χ0n) is 14.6. The molecule has 1 heterocycles. The van der Waals surface area contributed by atoms with E-state index in [9.17, 15) is 34.8 Å². The van der Waals surface area contributed by atoms with E-state index in [-0.39, 0.29) is 8.39 Å². The number of hydrogen-bond donors (Lipinski definition) is 0. The van der Waals surface area contributed by atoms with Gasteiger partial charge in [-0.2, -0.15) is 34.3 Å². The lowest BCUT2D eigenvalue weighted by Gasteiger charge is -2.20. The fourth-order valence-corrected chi connectivity index (χ4v) is 4.01. The van der Waals surface area contributed by atoms with Gasteiger partial charge in [-0.05, 0) is 18.2 Å². The standard InChI is InChI=1S/C13H14F3N5O5S2/c1-9(22)21(11-6-4-5-10(7-11)13(14,15)16)27(23,24)12-17-8-20(18-12)28(25,26)19(2)3/h4-8H,1-3H3. The zero-order chi connectivity index (χ0) is 21.5. The maximum absolute atomic E-state index is 12.9. The third kappa shape index (κ3) is 4.00. The van der Waals surface area contributed by atoms with Crippen LogP contribution in [0.5, 0.6) is 0 Å². The number of hydrogen-bond acceptors (Lipinski definition) is 7. The van der Waals surface area contributed by atoms with Gasteiger partial charge in [-0.3, -0.25) is 4.79 Å². The Morgan fingerprint density at radius 3 is 2.25 bits per heavy atom. The van der Waals surface area contributed by atoms with E-state index in [1.165, 1.54) is 0 Å². The molecule has 0 radical (unpaired) electrons. The van der Waals surface area contributed by atoms with E-state index in [4.69, 9.17) is 0 Å². The lowest BCUT2D eigenvalue weighted by molar-refractivity contribution is -0.137. The first-order valence-corrected chi connectivity index (χ1v) is 10.1. The van der Waals surface area contributed by atoms with Crippen LogP contribution in [0.1, 0.15) is 12.5 Å². The van der Waals surface area contributed by atoms with Crippen LogP contribution >= 0.6 is 0 Å². The molecule has 15 heteroatoms. The van der Waals surface area contributed by atoms with Crippen molar-refractivity contribution < 1.29 is 34.8 Å². The van der Waals surface area contributed by atoms with Crippen LogP contribution in [-0.4, -0.2) is 55.3 Å². The molecule has 0 saturated heterocycles. The smallest absolute Gasteiger partial charge is 0.274 e. The highest BCUT2D eigenvalue weighted by molar-refractivity contribution is 7.93. The molecule has 0 saturated carbocycles. The molecule has 0 aliphatic rings. The zero-order valence-corrected chi connectivity index (χ0v) is 16.2. The summed E-state index contributed by atoms with van der Waals surface area (Å²) in [5, 5.41) is 2.27. The predicted molar refractivity (Wildman–Crippen MR) is 89.8 cm³/mol. The minimum atomic E-state index is -4.89. The summed E-state index contributed by atoms with van der Waals surface area (Å²) in [5.74, 6) is -1.15. The third-order valence-corrected chi connectivity index (χ3v) is 6.48. The Labute approximate surface area is 158 Å². The molecule has 2 rings (SSSR count). The molecule has 0 aliphatic carbocycles. The van der Waals surface area contributed by atoms with Gasteiger partial charge in [-0.1, -0.05) is 6.07 Å². The predicted octanol–water partition coefficient (Wildman–Crippen LogP) is 0.693. The van der Waals surface area contributed by atoms with Crippen molar-refractivity contribution >= 4 is 31.8 Å². The summed E-state index contributed by atoms with van der Waals surface area (Å²) >= 11 is 0. The Morgan fingerprint density at radius 1 is 1.14 bits per heavy atom. The van der Waals surface area contributed by atoms with E-state index in [1.807, 2.05) is 0 Å². The number of halogens is 3. The number of benzene rings is 1. The van der Waals surface area contributed by atoms with Gasteiger partial charge in [0.2, 0.25) is 5.91 Å². The SMILES string of the molecule is CC(=O)N(c1cccc(C(F)(F)F)c1)S(=O)(=O)c1ncn(S(=O)(=O)N(C)C)n1. The van der Waals surface area contributed by atoms with Crippen molar-refractivity contribution in [3.8, 4) is 0 Å². The third-order valence-electron chi connectivity index (χ3n) is 3.31. The van der Waals surface area contributed by atoms with E-state index in [0.29, 0.717) is 18.5 Å². The second-order valence-electron chi connectivity index (χ2n) is 5.53. The minimum absolute atomic E-state index is 0.0597. The maximum Gasteiger partial charge on any atom is 0.416 e. The molecule has 28 heavy (non-hydrogen) atoms. The molecule has 0 unspecified atom stereocenters. The van der Waals surface area contributed by atoms with Crippen LogP contribution < -0.4 is 4.31 Å². The number of amides is 1. The quantitative estimate of drug-likeness (QED) is 0.669. The summed E-state index contributed by atoms with van der Waals surface area (Å²) in [6, 6.07) is 3.06. The number of carbonyl (C=O) groups is 1. The van der Waals surface area contributed by atoms with E-state index in [2.05, 4.69) is 10.1 Å². The van der Waals surface area contributed by atoms with E-state index in [0.717, 1.165) is 37.5 Å². The molecule has 154 valence electrons. The van der Waals surface area contributed by atoms with Crippen molar-refractivity contribution in [3.63, 3.8) is 0 Å². The van der Waals surface area contributed by atoms with Gasteiger partial charge < -0.3 is 0 Å². The van der Waals surface area contributed by atoms with Crippen LogP contribution in [-0.2, 0) is 31.2 Å². The van der Waals surface area contributed by atoms with Gasteiger partial charge in [0.15, 0.2) is 0 Å². The molecular weight excluding hydrogens is 427 g/mol. The van der Waals surface area contributed by atoms with Gasteiger partial charge in [0.1, 0.15) is 6.33 Å². The first-order valence-electron chi connectivity index (χ1n) is 7.27. The van der Waals surface area contributed by atoms with Crippen molar-refractivity contribution in [2.75, 3.05) is 18.4 Å². The van der Waals surface area contributed by atoms with Gasteiger partial charge >= 0.3 is 26.4 Å². The summed E-state index contributed by atoms with van der Waals surface area (Å²) in [6.07, 6.45) is -4.19. The van der Waals surface area contributed by atoms with E-state index >= 15 is 0 Å². The number of rotatable bonds is 5. The first kappa shape index (κ1) is 21.8. The largest absolute Gasteiger partial charge is 0.416 e. The van der Waals surface area contributed by atoms with Gasteiger partial charge in [-0.15, -0.1) is 9.19 Å². The first-order chi connectivity index (χ1) is 12.7. The molecule has 0 N–H and O–H groups in total.